The fourth-order valence-electron chi connectivity index (χ4n) is 10.6. The van der Waals surface area contributed by atoms with E-state index in [0.29, 0.717) is 0 Å². The highest BCUT2D eigenvalue weighted by molar-refractivity contribution is 6.10. The number of fused-ring (bicyclic) bond motifs is 7. The van der Waals surface area contributed by atoms with Crippen LogP contribution in [0.3, 0.4) is 0 Å². The molecule has 0 saturated heterocycles. The van der Waals surface area contributed by atoms with E-state index in [-0.39, 0.29) is 0 Å². The summed E-state index contributed by atoms with van der Waals surface area (Å²) in [5, 5.41) is 6.19. The molecule has 316 valence electrons. The molecule has 2 heterocycles. The van der Waals surface area contributed by atoms with E-state index in [9.17, 15) is 0 Å². The predicted octanol–water partition coefficient (Wildman–Crippen LogP) is 17.8. The monoisotopic (exact) mass is 856 g/mol. The summed E-state index contributed by atoms with van der Waals surface area (Å²) in [5.74, 6) is 0.991. The maximum absolute atomic E-state index is 6.51. The van der Waals surface area contributed by atoms with Gasteiger partial charge >= 0.3 is 0 Å². The van der Waals surface area contributed by atoms with E-state index < -0.39 is 0 Å². The van der Waals surface area contributed by atoms with Gasteiger partial charge in [0.1, 0.15) is 11.3 Å². The van der Waals surface area contributed by atoms with Crippen LogP contribution in [-0.4, -0.2) is 4.57 Å². The highest BCUT2D eigenvalue weighted by Crippen LogP contribution is 2.45. The summed E-state index contributed by atoms with van der Waals surface area (Å²) >= 11 is 0. The van der Waals surface area contributed by atoms with E-state index in [1.54, 1.807) is 0 Å². The second kappa shape index (κ2) is 16.1. The summed E-state index contributed by atoms with van der Waals surface area (Å²) in [4.78, 5) is 2.42. The molecule has 12 aromatic rings. The van der Waals surface area contributed by atoms with Gasteiger partial charge in [-0.2, -0.15) is 0 Å². The molecular weight excluding hydrogens is 813 g/mol. The van der Waals surface area contributed by atoms with Crippen LogP contribution in [0.25, 0.3) is 99.8 Å². The Morgan fingerprint density at radius 1 is 0.403 bits per heavy atom. The van der Waals surface area contributed by atoms with E-state index in [1.165, 1.54) is 54.7 Å². The second-order valence-electron chi connectivity index (χ2n) is 17.5. The minimum absolute atomic E-state index is 0.965. The molecule has 0 spiro atoms. The van der Waals surface area contributed by atoms with Crippen LogP contribution < -0.4 is 4.90 Å². The predicted molar refractivity (Wildman–Crippen MR) is 282 cm³/mol. The van der Waals surface area contributed by atoms with Crippen LogP contribution in [0.15, 0.2) is 241 Å². The number of anilines is 3. The van der Waals surface area contributed by atoms with E-state index in [1.807, 2.05) is 0 Å². The van der Waals surface area contributed by atoms with Gasteiger partial charge < -0.3 is 13.9 Å². The molecule has 0 aliphatic heterocycles. The smallest absolute Gasteiger partial charge is 0.142 e. The number of allylic oxidation sites excluding steroid dienone is 1. The summed E-state index contributed by atoms with van der Waals surface area (Å²) in [5.41, 5.74) is 18.3. The number of aryl methyl sites for hydroxylation is 1. The Hall–Kier alpha value is -8.66. The standard InChI is InChI=1S/C64H44N2O/c1-2-20-50-44(16-1)17-14-26-51(50)45-36-40-49(41-37-45)65(48-38-34-43(35-39-48)46-18-13-19-47(42-46)52-27-15-28-58-57-25-7-12-33-63(57)67-64(52)58)59-29-8-3-21-53(59)54-22-4-9-30-60(54)66-61-31-10-5-23-55(61)56-24-6-11-32-62(56)66/h1-6,8-24,26-42H,7,25H2. The van der Waals surface area contributed by atoms with E-state index in [2.05, 4.69) is 252 Å². The molecule has 0 saturated carbocycles. The first-order valence-electron chi connectivity index (χ1n) is 23.2. The molecule has 3 heteroatoms. The molecule has 13 rings (SSSR count). The summed E-state index contributed by atoms with van der Waals surface area (Å²) in [6, 6.07) is 83.9. The van der Waals surface area contributed by atoms with Crippen molar-refractivity contribution in [2.75, 3.05) is 4.90 Å². The van der Waals surface area contributed by atoms with E-state index >= 15 is 0 Å². The van der Waals surface area contributed by atoms with Crippen LogP contribution in [-0.2, 0) is 6.42 Å². The SMILES string of the molecule is C1=Cc2oc3c(-c4cccc(-c5ccc(N(c6ccc(-c7cccc8ccccc78)cc6)c6ccccc6-c6ccccc6-n6c7ccccc7c7ccccc76)cc5)c4)cccc3c2CC1. The molecule has 0 atom stereocenters. The minimum atomic E-state index is 0.965. The summed E-state index contributed by atoms with van der Waals surface area (Å²) in [7, 11) is 0. The third-order valence-corrected chi connectivity index (χ3v) is 13.7. The van der Waals surface area contributed by atoms with Crippen LogP contribution in [0.1, 0.15) is 17.7 Å². The van der Waals surface area contributed by atoms with Crippen molar-refractivity contribution in [3.63, 3.8) is 0 Å². The number of furan rings is 1. The van der Waals surface area contributed by atoms with Crippen LogP contribution in [0.2, 0.25) is 0 Å². The molecule has 67 heavy (non-hydrogen) atoms. The van der Waals surface area contributed by atoms with Crippen molar-refractivity contribution in [1.29, 1.82) is 0 Å². The molecule has 0 unspecified atom stereocenters. The normalized spacial score (nSPS) is 12.3. The van der Waals surface area contributed by atoms with Gasteiger partial charge in [-0.1, -0.05) is 182 Å². The van der Waals surface area contributed by atoms with Gasteiger partial charge in [0.25, 0.3) is 0 Å². The lowest BCUT2D eigenvalue weighted by Crippen LogP contribution is -2.11. The van der Waals surface area contributed by atoms with Gasteiger partial charge in [0.2, 0.25) is 0 Å². The first-order chi connectivity index (χ1) is 33.2. The van der Waals surface area contributed by atoms with Crippen molar-refractivity contribution >= 4 is 66.7 Å². The zero-order chi connectivity index (χ0) is 44.3. The highest BCUT2D eigenvalue weighted by Gasteiger charge is 2.22. The van der Waals surface area contributed by atoms with Gasteiger partial charge in [0.05, 0.1) is 22.4 Å². The van der Waals surface area contributed by atoms with E-state index in [4.69, 9.17) is 4.42 Å². The first-order valence-corrected chi connectivity index (χ1v) is 23.2. The van der Waals surface area contributed by atoms with Gasteiger partial charge in [0.15, 0.2) is 0 Å². The van der Waals surface area contributed by atoms with Crippen LogP contribution >= 0.6 is 0 Å². The third-order valence-electron chi connectivity index (χ3n) is 13.7. The number of hydrogen-bond donors (Lipinski definition) is 0. The maximum Gasteiger partial charge on any atom is 0.142 e. The lowest BCUT2D eigenvalue weighted by molar-refractivity contribution is 0.596. The van der Waals surface area contributed by atoms with Gasteiger partial charge in [-0.05, 0) is 112 Å². The summed E-state index contributed by atoms with van der Waals surface area (Å²) in [6.07, 6.45) is 6.40. The Kier molecular flexibility index (Phi) is 9.31. The number of para-hydroxylation sites is 5. The molecule has 0 fully saturated rings. The Bertz CT molecular complexity index is 3810. The zero-order valence-corrected chi connectivity index (χ0v) is 36.8. The largest absolute Gasteiger partial charge is 0.456 e. The van der Waals surface area contributed by atoms with Gasteiger partial charge in [-0.3, -0.25) is 0 Å². The van der Waals surface area contributed by atoms with Crippen molar-refractivity contribution in [3.8, 4) is 50.2 Å². The Labute approximate surface area is 389 Å². The van der Waals surface area contributed by atoms with E-state index in [0.717, 1.165) is 80.3 Å². The Balaban J connectivity index is 0.943. The molecule has 1 aliphatic rings. The second-order valence-corrected chi connectivity index (χ2v) is 17.5. The quantitative estimate of drug-likeness (QED) is 0.152. The topological polar surface area (TPSA) is 21.3 Å². The fraction of sp³-hybridized carbons (Fsp3) is 0.0312. The number of rotatable bonds is 8. The fourth-order valence-corrected chi connectivity index (χ4v) is 10.6. The lowest BCUT2D eigenvalue weighted by Gasteiger charge is -2.29. The zero-order valence-electron chi connectivity index (χ0n) is 36.8. The van der Waals surface area contributed by atoms with Crippen molar-refractivity contribution in [3.05, 3.63) is 248 Å². The van der Waals surface area contributed by atoms with Crippen LogP contribution in [0.4, 0.5) is 17.1 Å². The first kappa shape index (κ1) is 38.8. The summed E-state index contributed by atoms with van der Waals surface area (Å²) in [6.45, 7) is 0. The van der Waals surface area contributed by atoms with Crippen molar-refractivity contribution < 1.29 is 4.42 Å². The molecule has 0 N–H and O–H groups in total. The molecule has 0 amide bonds. The molecular formula is C64H44N2O. The third kappa shape index (κ3) is 6.58. The molecule has 10 aromatic carbocycles. The molecule has 0 bridgehead atoms. The molecule has 2 aromatic heterocycles. The van der Waals surface area contributed by atoms with Crippen molar-refractivity contribution in [1.82, 2.24) is 4.57 Å². The van der Waals surface area contributed by atoms with Crippen LogP contribution in [0, 0.1) is 0 Å². The Morgan fingerprint density at radius 2 is 0.970 bits per heavy atom. The lowest BCUT2D eigenvalue weighted by atomic mass is 9.95. The van der Waals surface area contributed by atoms with Crippen molar-refractivity contribution in [2.45, 2.75) is 12.8 Å². The molecule has 0 radical (unpaired) electrons. The molecule has 1 aliphatic carbocycles. The van der Waals surface area contributed by atoms with Crippen molar-refractivity contribution in [2.24, 2.45) is 0 Å². The number of benzene rings is 10. The number of hydrogen-bond acceptors (Lipinski definition) is 2. The minimum Gasteiger partial charge on any atom is -0.456 e. The van der Waals surface area contributed by atoms with Gasteiger partial charge in [0, 0.05) is 49.8 Å². The van der Waals surface area contributed by atoms with Gasteiger partial charge in [-0.25, -0.2) is 0 Å². The van der Waals surface area contributed by atoms with Gasteiger partial charge in [-0.15, -0.1) is 0 Å². The maximum atomic E-state index is 6.51. The van der Waals surface area contributed by atoms with Crippen LogP contribution in [0.5, 0.6) is 0 Å². The number of aromatic nitrogens is 1. The molecule has 3 nitrogen and oxygen atoms in total. The Morgan fingerprint density at radius 3 is 1.76 bits per heavy atom. The average molecular weight is 857 g/mol. The summed E-state index contributed by atoms with van der Waals surface area (Å²) < 4.78 is 8.94. The highest BCUT2D eigenvalue weighted by atomic mass is 16.3. The average Bonchev–Trinajstić information content (AvgIpc) is 3.95. The number of nitrogens with zero attached hydrogens (tertiary/aromatic N) is 2.